The van der Waals surface area contributed by atoms with Crippen molar-refractivity contribution in [1.29, 1.82) is 0 Å². The summed E-state index contributed by atoms with van der Waals surface area (Å²) in [6.07, 6.45) is 0. The Kier molecular flexibility index (Phi) is 2.60. The third-order valence-corrected chi connectivity index (χ3v) is 1.82. The Morgan fingerprint density at radius 3 is 2.46 bits per heavy atom. The number of nitro groups is 1. The number of nitro benzene ring substituents is 1. The second kappa shape index (κ2) is 3.51. The van der Waals surface area contributed by atoms with Crippen molar-refractivity contribution >= 4 is 5.69 Å². The molecule has 1 rings (SSSR count). The number of nitrogens with zero attached hydrogens (tertiary/aromatic N) is 1. The molecule has 3 nitrogen and oxygen atoms in total. The summed E-state index contributed by atoms with van der Waals surface area (Å²) in [6.45, 7) is 3.68. The van der Waals surface area contributed by atoms with Crippen LogP contribution in [0.2, 0.25) is 0 Å². The lowest BCUT2D eigenvalue weighted by Gasteiger charge is -2.05. The molecular weight excluding hydrogens is 173 g/mol. The fourth-order valence-electron chi connectivity index (χ4n) is 1.10. The van der Waals surface area contributed by atoms with Crippen LogP contribution in [0.25, 0.3) is 0 Å². The Bertz CT molecular complexity index is 336. The van der Waals surface area contributed by atoms with Crippen LogP contribution in [0.3, 0.4) is 0 Å². The number of hydrogen-bond donors (Lipinski definition) is 0. The molecule has 0 amide bonds. The third-order valence-electron chi connectivity index (χ3n) is 1.82. The average molecular weight is 183 g/mol. The van der Waals surface area contributed by atoms with E-state index in [0.717, 1.165) is 6.07 Å². The van der Waals surface area contributed by atoms with Gasteiger partial charge in [-0.15, -0.1) is 0 Å². The van der Waals surface area contributed by atoms with Crippen molar-refractivity contribution in [1.82, 2.24) is 0 Å². The summed E-state index contributed by atoms with van der Waals surface area (Å²) >= 11 is 0. The van der Waals surface area contributed by atoms with E-state index in [0.29, 0.717) is 5.56 Å². The molecule has 0 aliphatic carbocycles. The standard InChI is InChI=1S/C9H10FNO2/c1-6(2)8-4-3-7(11(12)13)5-9(8)10/h3-6H,1-2H3. The molecule has 13 heavy (non-hydrogen) atoms. The molecule has 0 aliphatic rings. The van der Waals surface area contributed by atoms with Gasteiger partial charge in [-0.25, -0.2) is 4.39 Å². The van der Waals surface area contributed by atoms with Crippen LogP contribution >= 0.6 is 0 Å². The zero-order valence-corrected chi connectivity index (χ0v) is 7.45. The van der Waals surface area contributed by atoms with Gasteiger partial charge in [0.05, 0.1) is 11.0 Å². The summed E-state index contributed by atoms with van der Waals surface area (Å²) in [5.74, 6) is -0.468. The van der Waals surface area contributed by atoms with E-state index in [2.05, 4.69) is 0 Å². The molecule has 0 unspecified atom stereocenters. The smallest absolute Gasteiger partial charge is 0.258 e. The number of rotatable bonds is 2. The maximum atomic E-state index is 13.2. The summed E-state index contributed by atoms with van der Waals surface area (Å²) in [7, 11) is 0. The molecule has 0 fully saturated rings. The highest BCUT2D eigenvalue weighted by Gasteiger charge is 2.12. The molecule has 1 aromatic carbocycles. The molecule has 70 valence electrons. The molecule has 0 atom stereocenters. The van der Waals surface area contributed by atoms with E-state index in [-0.39, 0.29) is 11.6 Å². The lowest BCUT2D eigenvalue weighted by molar-refractivity contribution is -0.385. The molecule has 1 aromatic rings. The van der Waals surface area contributed by atoms with Crippen LogP contribution in [0.4, 0.5) is 10.1 Å². The second-order valence-electron chi connectivity index (χ2n) is 3.12. The minimum absolute atomic E-state index is 0.0424. The quantitative estimate of drug-likeness (QED) is 0.522. The summed E-state index contributed by atoms with van der Waals surface area (Å²) in [5.41, 5.74) is 0.299. The first-order chi connectivity index (χ1) is 6.02. The zero-order chi connectivity index (χ0) is 10.0. The predicted molar refractivity (Wildman–Crippen MR) is 47.1 cm³/mol. The molecule has 0 heterocycles. The molecule has 0 spiro atoms. The van der Waals surface area contributed by atoms with Gasteiger partial charge in [-0.2, -0.15) is 0 Å². The molecule has 0 radical (unpaired) electrons. The summed E-state index contributed by atoms with van der Waals surface area (Å²) in [4.78, 5) is 9.67. The van der Waals surface area contributed by atoms with Gasteiger partial charge in [-0.1, -0.05) is 13.8 Å². The van der Waals surface area contributed by atoms with Gasteiger partial charge < -0.3 is 0 Å². The van der Waals surface area contributed by atoms with Crippen molar-refractivity contribution in [2.75, 3.05) is 0 Å². The van der Waals surface area contributed by atoms with Gasteiger partial charge >= 0.3 is 0 Å². The Morgan fingerprint density at radius 1 is 1.46 bits per heavy atom. The third kappa shape index (κ3) is 2.02. The first kappa shape index (κ1) is 9.64. The summed E-state index contributed by atoms with van der Waals surface area (Å²) < 4.78 is 13.2. The van der Waals surface area contributed by atoms with Crippen LogP contribution in [-0.2, 0) is 0 Å². The lowest BCUT2D eigenvalue weighted by Crippen LogP contribution is -1.95. The van der Waals surface area contributed by atoms with Crippen molar-refractivity contribution < 1.29 is 9.31 Å². The van der Waals surface area contributed by atoms with E-state index in [1.807, 2.05) is 13.8 Å². The normalized spacial score (nSPS) is 10.5. The summed E-state index contributed by atoms with van der Waals surface area (Å²) in [6, 6.07) is 3.73. The van der Waals surface area contributed by atoms with E-state index < -0.39 is 10.7 Å². The number of hydrogen-bond acceptors (Lipinski definition) is 2. The minimum atomic E-state index is -0.604. The van der Waals surface area contributed by atoms with Crippen molar-refractivity contribution in [3.63, 3.8) is 0 Å². The monoisotopic (exact) mass is 183 g/mol. The number of benzene rings is 1. The molecular formula is C9H10FNO2. The molecule has 0 saturated heterocycles. The lowest BCUT2D eigenvalue weighted by atomic mass is 10.0. The van der Waals surface area contributed by atoms with E-state index in [1.165, 1.54) is 12.1 Å². The van der Waals surface area contributed by atoms with Crippen LogP contribution in [0, 0.1) is 15.9 Å². The highest BCUT2D eigenvalue weighted by Crippen LogP contribution is 2.22. The van der Waals surface area contributed by atoms with E-state index >= 15 is 0 Å². The fraction of sp³-hybridized carbons (Fsp3) is 0.333. The molecule has 0 saturated carbocycles. The second-order valence-corrected chi connectivity index (χ2v) is 3.12. The largest absolute Gasteiger partial charge is 0.272 e. The first-order valence-corrected chi connectivity index (χ1v) is 3.96. The minimum Gasteiger partial charge on any atom is -0.258 e. The molecule has 0 bridgehead atoms. The van der Waals surface area contributed by atoms with Gasteiger partial charge in [-0.05, 0) is 17.5 Å². The molecule has 4 heteroatoms. The maximum Gasteiger partial charge on any atom is 0.272 e. The van der Waals surface area contributed by atoms with Gasteiger partial charge in [0.25, 0.3) is 5.69 Å². The highest BCUT2D eigenvalue weighted by atomic mass is 19.1. The highest BCUT2D eigenvalue weighted by molar-refractivity contribution is 5.35. The van der Waals surface area contributed by atoms with Crippen LogP contribution < -0.4 is 0 Å². The number of halogens is 1. The topological polar surface area (TPSA) is 43.1 Å². The van der Waals surface area contributed by atoms with Crippen molar-refractivity contribution in [2.24, 2.45) is 0 Å². The van der Waals surface area contributed by atoms with E-state index in [4.69, 9.17) is 0 Å². The van der Waals surface area contributed by atoms with Crippen LogP contribution in [-0.4, -0.2) is 4.92 Å². The van der Waals surface area contributed by atoms with Gasteiger partial charge in [0.15, 0.2) is 0 Å². The van der Waals surface area contributed by atoms with Crippen molar-refractivity contribution in [3.8, 4) is 0 Å². The van der Waals surface area contributed by atoms with Gasteiger partial charge in [0, 0.05) is 6.07 Å². The Labute approximate surface area is 75.3 Å². The van der Waals surface area contributed by atoms with Gasteiger partial charge in [-0.3, -0.25) is 10.1 Å². The van der Waals surface area contributed by atoms with Gasteiger partial charge in [0.1, 0.15) is 5.82 Å². The molecule has 0 aromatic heterocycles. The van der Waals surface area contributed by atoms with E-state index in [9.17, 15) is 14.5 Å². The van der Waals surface area contributed by atoms with Crippen LogP contribution in [0.15, 0.2) is 18.2 Å². The van der Waals surface area contributed by atoms with Gasteiger partial charge in [0.2, 0.25) is 0 Å². The SMILES string of the molecule is CC(C)c1ccc([N+](=O)[O-])cc1F. The van der Waals surface area contributed by atoms with Crippen LogP contribution in [0.5, 0.6) is 0 Å². The van der Waals surface area contributed by atoms with Crippen molar-refractivity contribution in [2.45, 2.75) is 19.8 Å². The Balaban J connectivity index is 3.13. The van der Waals surface area contributed by atoms with Crippen molar-refractivity contribution in [3.05, 3.63) is 39.7 Å². The average Bonchev–Trinajstić information content (AvgIpc) is 2.03. The fourth-order valence-corrected chi connectivity index (χ4v) is 1.10. The molecule has 0 N–H and O–H groups in total. The van der Waals surface area contributed by atoms with Crippen LogP contribution in [0.1, 0.15) is 25.3 Å². The maximum absolute atomic E-state index is 13.2. The molecule has 0 aliphatic heterocycles. The number of non-ortho nitro benzene ring substituents is 1. The Hall–Kier alpha value is -1.45. The zero-order valence-electron chi connectivity index (χ0n) is 7.45. The first-order valence-electron chi connectivity index (χ1n) is 3.96. The summed E-state index contributed by atoms with van der Waals surface area (Å²) in [5, 5.41) is 10.3. The Morgan fingerprint density at radius 2 is 2.08 bits per heavy atom. The predicted octanol–water partition coefficient (Wildman–Crippen LogP) is 2.86. The van der Waals surface area contributed by atoms with E-state index in [1.54, 1.807) is 0 Å².